The Kier molecular flexibility index (Phi) is 3.58. The Hall–Kier alpha value is -1.62. The summed E-state index contributed by atoms with van der Waals surface area (Å²) < 4.78 is 0. The number of hydrogen-bond donors (Lipinski definition) is 2. The van der Waals surface area contributed by atoms with Gasteiger partial charge in [-0.2, -0.15) is 0 Å². The molecule has 1 unspecified atom stereocenters. The Morgan fingerprint density at radius 3 is 2.88 bits per heavy atom. The van der Waals surface area contributed by atoms with Crippen LogP contribution in [0.4, 0.5) is 11.6 Å². The molecule has 4 nitrogen and oxygen atoms in total. The Morgan fingerprint density at radius 2 is 2.24 bits per heavy atom. The van der Waals surface area contributed by atoms with Crippen molar-refractivity contribution in [3.63, 3.8) is 0 Å². The van der Waals surface area contributed by atoms with Crippen molar-refractivity contribution in [2.24, 2.45) is 0 Å². The molecule has 17 heavy (non-hydrogen) atoms. The van der Waals surface area contributed by atoms with Gasteiger partial charge in [-0.05, 0) is 26.0 Å². The number of aryl methyl sites for hydroxylation is 1. The van der Waals surface area contributed by atoms with Crippen LogP contribution in [0.15, 0.2) is 24.5 Å². The van der Waals surface area contributed by atoms with Crippen molar-refractivity contribution in [1.82, 2.24) is 9.97 Å². The van der Waals surface area contributed by atoms with Crippen LogP contribution in [0.2, 0.25) is 0 Å². The van der Waals surface area contributed by atoms with Crippen LogP contribution in [-0.4, -0.2) is 16.0 Å². The van der Waals surface area contributed by atoms with Crippen molar-refractivity contribution in [1.29, 1.82) is 0 Å². The summed E-state index contributed by atoms with van der Waals surface area (Å²) in [5, 5.41) is 3.32. The zero-order valence-electron chi connectivity index (χ0n) is 9.97. The van der Waals surface area contributed by atoms with Gasteiger partial charge >= 0.3 is 0 Å². The van der Waals surface area contributed by atoms with Crippen LogP contribution in [0, 0.1) is 6.92 Å². The Morgan fingerprint density at radius 1 is 1.41 bits per heavy atom. The van der Waals surface area contributed by atoms with E-state index in [0.29, 0.717) is 11.9 Å². The van der Waals surface area contributed by atoms with Gasteiger partial charge in [0.05, 0.1) is 0 Å². The molecular formula is C12H16N4S. The smallest absolute Gasteiger partial charge is 0.131 e. The predicted octanol–water partition coefficient (Wildman–Crippen LogP) is 2.47. The van der Waals surface area contributed by atoms with Gasteiger partial charge in [0.15, 0.2) is 0 Å². The highest BCUT2D eigenvalue weighted by molar-refractivity contribution is 7.11. The highest BCUT2D eigenvalue weighted by Crippen LogP contribution is 2.18. The minimum absolute atomic E-state index is 0.322. The van der Waals surface area contributed by atoms with Crippen LogP contribution in [0.3, 0.4) is 0 Å². The molecular weight excluding hydrogens is 232 g/mol. The molecule has 2 heterocycles. The molecule has 0 saturated heterocycles. The molecule has 3 N–H and O–H groups in total. The van der Waals surface area contributed by atoms with E-state index in [2.05, 4.69) is 41.3 Å². The third-order valence-electron chi connectivity index (χ3n) is 2.39. The maximum Gasteiger partial charge on any atom is 0.131 e. The molecule has 0 aliphatic rings. The molecule has 0 saturated carbocycles. The molecule has 2 aromatic heterocycles. The normalized spacial score (nSPS) is 12.4. The van der Waals surface area contributed by atoms with E-state index in [-0.39, 0.29) is 0 Å². The number of hydrogen-bond acceptors (Lipinski definition) is 5. The molecule has 0 aliphatic heterocycles. The second-order valence-corrected chi connectivity index (χ2v) is 5.46. The highest BCUT2D eigenvalue weighted by atomic mass is 32.1. The van der Waals surface area contributed by atoms with Gasteiger partial charge in [0.1, 0.15) is 18.0 Å². The number of nitrogen functional groups attached to an aromatic ring is 1. The minimum Gasteiger partial charge on any atom is -0.384 e. The Labute approximate surface area is 105 Å². The van der Waals surface area contributed by atoms with E-state index in [9.17, 15) is 0 Å². The van der Waals surface area contributed by atoms with Crippen molar-refractivity contribution < 1.29 is 0 Å². The van der Waals surface area contributed by atoms with Gasteiger partial charge in [0.25, 0.3) is 0 Å². The number of anilines is 2. The van der Waals surface area contributed by atoms with E-state index in [0.717, 1.165) is 12.2 Å². The van der Waals surface area contributed by atoms with Gasteiger partial charge in [-0.1, -0.05) is 0 Å². The number of nitrogens with zero attached hydrogens (tertiary/aromatic N) is 2. The van der Waals surface area contributed by atoms with Crippen molar-refractivity contribution in [3.8, 4) is 0 Å². The van der Waals surface area contributed by atoms with Crippen molar-refractivity contribution >= 4 is 23.0 Å². The number of thiophene rings is 1. The standard InChI is InChI=1S/C12H16N4S/c1-8(5-10-4-3-9(2)17-10)16-12-6-11(13)14-7-15-12/h3-4,6-8H,5H2,1-2H3,(H3,13,14,15,16). The van der Waals surface area contributed by atoms with E-state index in [1.807, 2.05) is 11.3 Å². The van der Waals surface area contributed by atoms with Gasteiger partial charge in [0.2, 0.25) is 0 Å². The topological polar surface area (TPSA) is 63.8 Å². The number of nitrogens with two attached hydrogens (primary N) is 1. The van der Waals surface area contributed by atoms with Crippen LogP contribution in [0.5, 0.6) is 0 Å². The second-order valence-electron chi connectivity index (χ2n) is 4.09. The molecule has 0 fully saturated rings. The first-order valence-corrected chi connectivity index (χ1v) is 6.34. The summed E-state index contributed by atoms with van der Waals surface area (Å²) in [6, 6.07) is 6.39. The minimum atomic E-state index is 0.322. The third kappa shape index (κ3) is 3.42. The quantitative estimate of drug-likeness (QED) is 0.872. The number of rotatable bonds is 4. The molecule has 5 heteroatoms. The lowest BCUT2D eigenvalue weighted by atomic mass is 10.2. The molecule has 90 valence electrons. The van der Waals surface area contributed by atoms with Gasteiger partial charge in [-0.3, -0.25) is 0 Å². The van der Waals surface area contributed by atoms with Gasteiger partial charge in [-0.25, -0.2) is 9.97 Å². The van der Waals surface area contributed by atoms with Crippen LogP contribution in [-0.2, 0) is 6.42 Å². The molecule has 0 spiro atoms. The molecule has 0 aliphatic carbocycles. The van der Waals surface area contributed by atoms with E-state index < -0.39 is 0 Å². The zero-order chi connectivity index (χ0) is 12.3. The molecule has 2 aromatic rings. The average molecular weight is 248 g/mol. The van der Waals surface area contributed by atoms with Gasteiger partial charge < -0.3 is 11.1 Å². The van der Waals surface area contributed by atoms with E-state index in [1.165, 1.54) is 16.1 Å². The van der Waals surface area contributed by atoms with Gasteiger partial charge in [0, 0.05) is 28.3 Å². The SMILES string of the molecule is Cc1ccc(CC(C)Nc2cc(N)ncn2)s1. The Bertz CT molecular complexity index is 495. The monoisotopic (exact) mass is 248 g/mol. The maximum absolute atomic E-state index is 5.60. The lowest BCUT2D eigenvalue weighted by Crippen LogP contribution is -2.18. The van der Waals surface area contributed by atoms with Crippen LogP contribution in [0.25, 0.3) is 0 Å². The first kappa shape index (κ1) is 11.9. The molecule has 0 radical (unpaired) electrons. The summed E-state index contributed by atoms with van der Waals surface area (Å²) in [7, 11) is 0. The third-order valence-corrected chi connectivity index (χ3v) is 3.41. The van der Waals surface area contributed by atoms with Crippen molar-refractivity contribution in [3.05, 3.63) is 34.3 Å². The average Bonchev–Trinajstić information content (AvgIpc) is 2.63. The molecule has 0 amide bonds. The first-order chi connectivity index (χ1) is 8.13. The van der Waals surface area contributed by atoms with E-state index in [4.69, 9.17) is 5.73 Å². The fraction of sp³-hybridized carbons (Fsp3) is 0.333. The van der Waals surface area contributed by atoms with E-state index in [1.54, 1.807) is 6.07 Å². The number of nitrogens with one attached hydrogen (secondary N) is 1. The first-order valence-electron chi connectivity index (χ1n) is 5.53. The maximum atomic E-state index is 5.60. The lowest BCUT2D eigenvalue weighted by molar-refractivity contribution is 0.793. The summed E-state index contributed by atoms with van der Waals surface area (Å²) in [5.74, 6) is 1.26. The largest absolute Gasteiger partial charge is 0.384 e. The summed E-state index contributed by atoms with van der Waals surface area (Å²) in [5.41, 5.74) is 5.60. The zero-order valence-corrected chi connectivity index (χ0v) is 10.8. The van der Waals surface area contributed by atoms with Crippen LogP contribution >= 0.6 is 11.3 Å². The lowest BCUT2D eigenvalue weighted by Gasteiger charge is -2.13. The molecule has 0 bridgehead atoms. The fourth-order valence-electron chi connectivity index (χ4n) is 1.65. The Balaban J connectivity index is 1.95. The summed E-state index contributed by atoms with van der Waals surface area (Å²) in [6.07, 6.45) is 2.46. The summed E-state index contributed by atoms with van der Waals surface area (Å²) in [4.78, 5) is 10.7. The molecule has 0 aromatic carbocycles. The van der Waals surface area contributed by atoms with Crippen LogP contribution < -0.4 is 11.1 Å². The summed E-state index contributed by atoms with van der Waals surface area (Å²) >= 11 is 1.83. The van der Waals surface area contributed by atoms with Crippen LogP contribution in [0.1, 0.15) is 16.7 Å². The molecule has 2 rings (SSSR count). The molecule has 1 atom stereocenters. The summed E-state index contributed by atoms with van der Waals surface area (Å²) in [6.45, 7) is 4.25. The fourth-order valence-corrected chi connectivity index (χ4v) is 2.67. The van der Waals surface area contributed by atoms with Crippen molar-refractivity contribution in [2.75, 3.05) is 11.1 Å². The van der Waals surface area contributed by atoms with E-state index >= 15 is 0 Å². The highest BCUT2D eigenvalue weighted by Gasteiger charge is 2.06. The predicted molar refractivity (Wildman–Crippen MR) is 72.3 cm³/mol. The second kappa shape index (κ2) is 5.14. The van der Waals surface area contributed by atoms with Crippen molar-refractivity contribution in [2.45, 2.75) is 26.3 Å². The number of aromatic nitrogens is 2. The van der Waals surface area contributed by atoms with Gasteiger partial charge in [-0.15, -0.1) is 11.3 Å².